The smallest absolute Gasteiger partial charge is 0.337 e. The number of thiazole rings is 1. The predicted octanol–water partition coefficient (Wildman–Crippen LogP) is 3.40. The molecule has 2 aromatic heterocycles. The van der Waals surface area contributed by atoms with Gasteiger partial charge in [-0.05, 0) is 38.8 Å². The zero-order chi connectivity index (χ0) is 13.6. The molecule has 5 heteroatoms. The summed E-state index contributed by atoms with van der Waals surface area (Å²) < 4.78 is 0. The van der Waals surface area contributed by atoms with Crippen LogP contribution in [0.25, 0.3) is 10.6 Å². The van der Waals surface area contributed by atoms with Gasteiger partial charge in [-0.15, -0.1) is 11.3 Å². The van der Waals surface area contributed by atoms with Gasteiger partial charge in [-0.3, -0.25) is 4.98 Å². The van der Waals surface area contributed by atoms with E-state index in [-0.39, 0.29) is 0 Å². The molecule has 0 bridgehead atoms. The van der Waals surface area contributed by atoms with Crippen LogP contribution in [0.4, 0.5) is 0 Å². The predicted molar refractivity (Wildman–Crippen MR) is 73.8 cm³/mol. The minimum atomic E-state index is -0.891. The molecule has 1 aliphatic rings. The lowest BCUT2D eigenvalue weighted by molar-refractivity contribution is 0.0695. The van der Waals surface area contributed by atoms with Gasteiger partial charge >= 0.3 is 5.97 Å². The molecule has 0 aromatic carbocycles. The van der Waals surface area contributed by atoms with Crippen molar-refractivity contribution >= 4 is 17.3 Å². The summed E-state index contributed by atoms with van der Waals surface area (Å²) >= 11 is 1.60. The summed E-state index contributed by atoms with van der Waals surface area (Å²) in [7, 11) is 0. The molecule has 1 fully saturated rings. The number of hydrogen-bond donors (Lipinski definition) is 1. The first-order valence-electron chi connectivity index (χ1n) is 6.25. The topological polar surface area (TPSA) is 63.1 Å². The van der Waals surface area contributed by atoms with Crippen LogP contribution < -0.4 is 0 Å². The third-order valence-corrected chi connectivity index (χ3v) is 4.35. The normalized spacial score (nSPS) is 14.6. The van der Waals surface area contributed by atoms with Crippen LogP contribution in [0.2, 0.25) is 0 Å². The van der Waals surface area contributed by atoms with Crippen LogP contribution in [-0.4, -0.2) is 21.0 Å². The highest BCUT2D eigenvalue weighted by atomic mass is 32.1. The van der Waals surface area contributed by atoms with Crippen LogP contribution >= 0.6 is 11.3 Å². The summed E-state index contributed by atoms with van der Waals surface area (Å²) in [6.45, 7) is 3.93. The molecule has 2 heterocycles. The van der Waals surface area contributed by atoms with Crippen molar-refractivity contribution in [2.75, 3.05) is 0 Å². The largest absolute Gasteiger partial charge is 0.478 e. The number of hydrogen-bond acceptors (Lipinski definition) is 4. The van der Waals surface area contributed by atoms with Crippen LogP contribution in [0.1, 0.15) is 45.5 Å². The monoisotopic (exact) mass is 274 g/mol. The second-order valence-corrected chi connectivity index (χ2v) is 6.06. The minimum Gasteiger partial charge on any atom is -0.478 e. The summed E-state index contributed by atoms with van der Waals surface area (Å²) in [4.78, 5) is 21.2. The van der Waals surface area contributed by atoms with Crippen molar-refractivity contribution in [2.24, 2.45) is 0 Å². The summed E-state index contributed by atoms with van der Waals surface area (Å²) in [6, 6.07) is 3.46. The third-order valence-electron chi connectivity index (χ3n) is 3.26. The van der Waals surface area contributed by atoms with Gasteiger partial charge in [-0.2, -0.15) is 0 Å². The van der Waals surface area contributed by atoms with Gasteiger partial charge in [0.05, 0.1) is 32.5 Å². The van der Waals surface area contributed by atoms with Gasteiger partial charge in [0.1, 0.15) is 0 Å². The van der Waals surface area contributed by atoms with E-state index in [4.69, 9.17) is 0 Å². The van der Waals surface area contributed by atoms with Crippen LogP contribution in [0, 0.1) is 13.8 Å². The van der Waals surface area contributed by atoms with Gasteiger partial charge in [-0.1, -0.05) is 0 Å². The standard InChI is InChI=1S/C14H14N2O2S/c1-7-13(19-8(2)15-7)11-6-5-10(14(17)18)12(16-11)9-3-4-9/h5-6,9H,3-4H2,1-2H3,(H,17,18). The SMILES string of the molecule is Cc1nc(C)c(-c2ccc(C(=O)O)c(C3CC3)n2)s1. The fraction of sp³-hybridized carbons (Fsp3) is 0.357. The fourth-order valence-corrected chi connectivity index (χ4v) is 3.11. The maximum Gasteiger partial charge on any atom is 0.337 e. The molecule has 4 nitrogen and oxygen atoms in total. The summed E-state index contributed by atoms with van der Waals surface area (Å²) in [5.74, 6) is -0.571. The van der Waals surface area contributed by atoms with E-state index in [1.54, 1.807) is 23.5 Å². The fourth-order valence-electron chi connectivity index (χ4n) is 2.22. The first-order valence-corrected chi connectivity index (χ1v) is 7.06. The highest BCUT2D eigenvalue weighted by molar-refractivity contribution is 7.15. The second kappa shape index (κ2) is 4.42. The summed E-state index contributed by atoms with van der Waals surface area (Å²) in [5.41, 5.74) is 2.87. The molecule has 2 aromatic rings. The Morgan fingerprint density at radius 2 is 2.05 bits per heavy atom. The van der Waals surface area contributed by atoms with E-state index in [1.165, 1.54) is 0 Å². The molecule has 0 unspecified atom stereocenters. The molecular formula is C14H14N2O2S. The van der Waals surface area contributed by atoms with E-state index in [1.807, 2.05) is 13.8 Å². The number of rotatable bonds is 3. The molecule has 0 atom stereocenters. The summed E-state index contributed by atoms with van der Waals surface area (Å²) in [6.07, 6.45) is 2.08. The Balaban J connectivity index is 2.11. The Kier molecular flexibility index (Phi) is 2.86. The van der Waals surface area contributed by atoms with E-state index in [0.717, 1.165) is 39.8 Å². The third kappa shape index (κ3) is 2.26. The van der Waals surface area contributed by atoms with Gasteiger partial charge in [0.2, 0.25) is 0 Å². The number of aromatic nitrogens is 2. The number of aromatic carboxylic acids is 1. The molecule has 0 aliphatic heterocycles. The van der Waals surface area contributed by atoms with E-state index in [9.17, 15) is 9.90 Å². The van der Waals surface area contributed by atoms with Crippen molar-refractivity contribution in [1.82, 2.24) is 9.97 Å². The van der Waals surface area contributed by atoms with Crippen molar-refractivity contribution < 1.29 is 9.90 Å². The maximum absolute atomic E-state index is 11.2. The molecule has 0 saturated heterocycles. The lowest BCUT2D eigenvalue weighted by Gasteiger charge is -2.06. The van der Waals surface area contributed by atoms with Crippen molar-refractivity contribution in [3.8, 4) is 10.6 Å². The molecule has 98 valence electrons. The van der Waals surface area contributed by atoms with E-state index in [0.29, 0.717) is 11.5 Å². The Bertz CT molecular complexity index is 659. The lowest BCUT2D eigenvalue weighted by Crippen LogP contribution is -2.04. The summed E-state index contributed by atoms with van der Waals surface area (Å²) in [5, 5.41) is 10.2. The van der Waals surface area contributed by atoms with Gasteiger partial charge in [-0.25, -0.2) is 9.78 Å². The number of nitrogens with zero attached hydrogens (tertiary/aromatic N) is 2. The van der Waals surface area contributed by atoms with E-state index >= 15 is 0 Å². The van der Waals surface area contributed by atoms with Gasteiger partial charge in [0.15, 0.2) is 0 Å². The zero-order valence-electron chi connectivity index (χ0n) is 10.8. The Labute approximate surface area is 115 Å². The quantitative estimate of drug-likeness (QED) is 0.931. The number of carboxylic acids is 1. The number of carboxylic acid groups (broad SMARTS) is 1. The van der Waals surface area contributed by atoms with Gasteiger partial charge < -0.3 is 5.11 Å². The van der Waals surface area contributed by atoms with Crippen LogP contribution in [0.15, 0.2) is 12.1 Å². The number of aryl methyl sites for hydroxylation is 2. The van der Waals surface area contributed by atoms with Gasteiger partial charge in [0, 0.05) is 5.92 Å². The van der Waals surface area contributed by atoms with Crippen molar-refractivity contribution in [3.05, 3.63) is 34.1 Å². The van der Waals surface area contributed by atoms with Gasteiger partial charge in [0.25, 0.3) is 0 Å². The van der Waals surface area contributed by atoms with Crippen molar-refractivity contribution in [1.29, 1.82) is 0 Å². The average Bonchev–Trinajstić information content (AvgIpc) is 3.14. The van der Waals surface area contributed by atoms with Crippen LogP contribution in [0.3, 0.4) is 0 Å². The average molecular weight is 274 g/mol. The molecule has 19 heavy (non-hydrogen) atoms. The molecule has 0 radical (unpaired) electrons. The Morgan fingerprint density at radius 3 is 2.58 bits per heavy atom. The highest BCUT2D eigenvalue weighted by Crippen LogP contribution is 2.42. The second-order valence-electron chi connectivity index (χ2n) is 4.86. The van der Waals surface area contributed by atoms with E-state index in [2.05, 4.69) is 9.97 Å². The molecule has 0 amide bonds. The molecule has 3 rings (SSSR count). The molecule has 1 N–H and O–H groups in total. The molecule has 1 aliphatic carbocycles. The first kappa shape index (κ1) is 12.3. The number of carbonyl (C=O) groups is 1. The highest BCUT2D eigenvalue weighted by Gasteiger charge is 2.30. The van der Waals surface area contributed by atoms with Crippen molar-refractivity contribution in [2.45, 2.75) is 32.6 Å². The lowest BCUT2D eigenvalue weighted by atomic mass is 10.1. The molecule has 1 saturated carbocycles. The zero-order valence-corrected chi connectivity index (χ0v) is 11.6. The Hall–Kier alpha value is -1.75. The molecular weight excluding hydrogens is 260 g/mol. The van der Waals surface area contributed by atoms with Crippen LogP contribution in [-0.2, 0) is 0 Å². The number of pyridine rings is 1. The Morgan fingerprint density at radius 1 is 1.32 bits per heavy atom. The van der Waals surface area contributed by atoms with E-state index < -0.39 is 5.97 Å². The van der Waals surface area contributed by atoms with Crippen molar-refractivity contribution in [3.63, 3.8) is 0 Å². The minimum absolute atomic E-state index is 0.320. The van der Waals surface area contributed by atoms with Crippen LogP contribution in [0.5, 0.6) is 0 Å². The molecule has 0 spiro atoms. The first-order chi connectivity index (χ1) is 9.06. The maximum atomic E-state index is 11.2.